The fourth-order valence-electron chi connectivity index (χ4n) is 1.78. The van der Waals surface area contributed by atoms with Gasteiger partial charge in [0.25, 0.3) is 10.0 Å². The maximum absolute atomic E-state index is 12.2. The number of benzene rings is 1. The fraction of sp³-hybridized carbons (Fsp3) is 0. The van der Waals surface area contributed by atoms with Crippen molar-refractivity contribution in [1.82, 2.24) is 9.97 Å². The first-order valence-corrected chi connectivity index (χ1v) is 7.57. The molecular weight excluding hydrogens is 318 g/mol. The van der Waals surface area contributed by atoms with Crippen LogP contribution in [0.4, 0.5) is 5.69 Å². The monoisotopic (exact) mass is 325 g/mol. The largest absolute Gasteiger partial charge is 0.417 e. The first-order valence-electron chi connectivity index (χ1n) is 5.71. The Hall–Kier alpha value is -2.32. The van der Waals surface area contributed by atoms with Crippen LogP contribution < -0.4 is 10.5 Å². The highest BCUT2D eigenvalue weighted by Crippen LogP contribution is 2.20. The Kier molecular flexibility index (Phi) is 3.19. The Morgan fingerprint density at radius 3 is 2.81 bits per heavy atom. The van der Waals surface area contributed by atoms with Crippen LogP contribution in [-0.4, -0.2) is 18.4 Å². The number of aromatic amines is 1. The molecule has 0 spiro atoms. The van der Waals surface area contributed by atoms with Crippen molar-refractivity contribution in [2.75, 3.05) is 4.72 Å². The van der Waals surface area contributed by atoms with Crippen molar-refractivity contribution in [3.05, 3.63) is 52.2 Å². The van der Waals surface area contributed by atoms with E-state index >= 15 is 0 Å². The molecule has 0 aliphatic rings. The first-order chi connectivity index (χ1) is 9.94. The van der Waals surface area contributed by atoms with Crippen molar-refractivity contribution in [3.8, 4) is 0 Å². The zero-order chi connectivity index (χ0) is 15.0. The van der Waals surface area contributed by atoms with E-state index in [2.05, 4.69) is 14.7 Å². The number of nitrogens with one attached hydrogen (secondary N) is 2. The second-order valence-electron chi connectivity index (χ2n) is 4.15. The lowest BCUT2D eigenvalue weighted by Crippen LogP contribution is -2.13. The van der Waals surface area contributed by atoms with E-state index in [0.29, 0.717) is 11.1 Å². The summed E-state index contributed by atoms with van der Waals surface area (Å²) < 4.78 is 31.6. The van der Waals surface area contributed by atoms with Gasteiger partial charge < -0.3 is 4.42 Å². The standard InChI is InChI=1S/C12H8ClN3O4S/c13-11-6-8(3-4-14-11)21(18,19)16-7-1-2-10-9(5-7)15-12(17)20-10/h1-6,16H,(H,15,17). The van der Waals surface area contributed by atoms with Gasteiger partial charge in [-0.2, -0.15) is 0 Å². The zero-order valence-electron chi connectivity index (χ0n) is 10.3. The van der Waals surface area contributed by atoms with E-state index in [1.807, 2.05) is 0 Å². The Balaban J connectivity index is 1.98. The number of pyridine rings is 1. The van der Waals surface area contributed by atoms with Crippen LogP contribution in [0, 0.1) is 0 Å². The number of rotatable bonds is 3. The van der Waals surface area contributed by atoms with Gasteiger partial charge in [0.1, 0.15) is 5.15 Å². The normalized spacial score (nSPS) is 11.7. The van der Waals surface area contributed by atoms with Crippen LogP contribution in [0.3, 0.4) is 0 Å². The summed E-state index contributed by atoms with van der Waals surface area (Å²) in [5, 5.41) is 0.0764. The van der Waals surface area contributed by atoms with Gasteiger partial charge in [-0.3, -0.25) is 9.71 Å². The molecule has 0 fully saturated rings. The summed E-state index contributed by atoms with van der Waals surface area (Å²) in [4.78, 5) is 17.2. The van der Waals surface area contributed by atoms with E-state index < -0.39 is 15.8 Å². The Bertz CT molecular complexity index is 977. The second kappa shape index (κ2) is 4.90. The molecule has 7 nitrogen and oxygen atoms in total. The quantitative estimate of drug-likeness (QED) is 0.716. The molecule has 3 rings (SSSR count). The molecule has 21 heavy (non-hydrogen) atoms. The van der Waals surface area contributed by atoms with E-state index in [0.717, 1.165) is 0 Å². The molecule has 0 aliphatic carbocycles. The third kappa shape index (κ3) is 2.76. The number of anilines is 1. The highest BCUT2D eigenvalue weighted by Gasteiger charge is 2.15. The summed E-state index contributed by atoms with van der Waals surface area (Å²) in [5.74, 6) is -0.606. The molecule has 0 aliphatic heterocycles. The lowest BCUT2D eigenvalue weighted by Gasteiger charge is -2.07. The second-order valence-corrected chi connectivity index (χ2v) is 6.21. The Labute approximate surface area is 123 Å². The number of H-pyrrole nitrogens is 1. The van der Waals surface area contributed by atoms with Crippen LogP contribution in [0.1, 0.15) is 0 Å². The average molecular weight is 326 g/mol. The van der Waals surface area contributed by atoms with Gasteiger partial charge in [0.05, 0.1) is 16.1 Å². The van der Waals surface area contributed by atoms with Gasteiger partial charge in [-0.15, -0.1) is 0 Å². The Morgan fingerprint density at radius 1 is 1.24 bits per heavy atom. The average Bonchev–Trinajstić information content (AvgIpc) is 2.77. The zero-order valence-corrected chi connectivity index (χ0v) is 11.9. The van der Waals surface area contributed by atoms with E-state index in [-0.39, 0.29) is 15.7 Å². The molecule has 0 bridgehead atoms. The van der Waals surface area contributed by atoms with Gasteiger partial charge in [0, 0.05) is 6.20 Å². The molecule has 0 saturated heterocycles. The third-order valence-corrected chi connectivity index (χ3v) is 4.27. The van der Waals surface area contributed by atoms with Crippen LogP contribution in [0.25, 0.3) is 11.1 Å². The molecule has 0 saturated carbocycles. The highest BCUT2D eigenvalue weighted by molar-refractivity contribution is 7.92. The molecule has 0 amide bonds. The number of sulfonamides is 1. The summed E-state index contributed by atoms with van der Waals surface area (Å²) in [7, 11) is -3.79. The van der Waals surface area contributed by atoms with Gasteiger partial charge >= 0.3 is 5.76 Å². The molecule has 0 radical (unpaired) electrons. The van der Waals surface area contributed by atoms with Crippen molar-refractivity contribution < 1.29 is 12.8 Å². The molecule has 1 aromatic carbocycles. The minimum absolute atomic E-state index is 0.0108. The number of fused-ring (bicyclic) bond motifs is 1. The maximum atomic E-state index is 12.2. The number of oxazole rings is 1. The van der Waals surface area contributed by atoms with E-state index in [1.54, 1.807) is 0 Å². The van der Waals surface area contributed by atoms with Crippen molar-refractivity contribution in [2.45, 2.75) is 4.90 Å². The third-order valence-electron chi connectivity index (χ3n) is 2.68. The van der Waals surface area contributed by atoms with Gasteiger partial charge in [-0.1, -0.05) is 11.6 Å². The van der Waals surface area contributed by atoms with Crippen molar-refractivity contribution >= 4 is 38.4 Å². The molecule has 0 atom stereocenters. The van der Waals surface area contributed by atoms with E-state index in [4.69, 9.17) is 16.0 Å². The van der Waals surface area contributed by atoms with Crippen molar-refractivity contribution in [2.24, 2.45) is 0 Å². The summed E-state index contributed by atoms with van der Waals surface area (Å²) in [6.45, 7) is 0. The number of aromatic nitrogens is 2. The molecule has 2 heterocycles. The molecule has 9 heteroatoms. The van der Waals surface area contributed by atoms with Gasteiger partial charge in [0.2, 0.25) is 0 Å². The van der Waals surface area contributed by atoms with Crippen LogP contribution in [0.2, 0.25) is 5.15 Å². The number of nitrogens with zero attached hydrogens (tertiary/aromatic N) is 1. The fourth-order valence-corrected chi connectivity index (χ4v) is 3.08. The molecular formula is C12H8ClN3O4S. The number of halogens is 1. The van der Waals surface area contributed by atoms with Crippen LogP contribution in [-0.2, 0) is 10.0 Å². The predicted octanol–water partition coefficient (Wildman–Crippen LogP) is 1.97. The van der Waals surface area contributed by atoms with Crippen molar-refractivity contribution in [1.29, 1.82) is 0 Å². The van der Waals surface area contributed by atoms with E-state index in [1.165, 1.54) is 36.5 Å². The molecule has 108 valence electrons. The summed E-state index contributed by atoms with van der Waals surface area (Å²) in [6, 6.07) is 7.00. The van der Waals surface area contributed by atoms with Crippen molar-refractivity contribution in [3.63, 3.8) is 0 Å². The topological polar surface area (TPSA) is 105 Å². The molecule has 0 unspecified atom stereocenters. The molecule has 2 aromatic heterocycles. The summed E-state index contributed by atoms with van der Waals surface area (Å²) in [6.07, 6.45) is 1.30. The van der Waals surface area contributed by atoms with Crippen LogP contribution >= 0.6 is 11.6 Å². The minimum Gasteiger partial charge on any atom is -0.408 e. The van der Waals surface area contributed by atoms with Crippen LogP contribution in [0.5, 0.6) is 0 Å². The summed E-state index contributed by atoms with van der Waals surface area (Å²) in [5.41, 5.74) is 1.02. The summed E-state index contributed by atoms with van der Waals surface area (Å²) >= 11 is 5.68. The van der Waals surface area contributed by atoms with Gasteiger partial charge in [0.15, 0.2) is 5.58 Å². The highest BCUT2D eigenvalue weighted by atomic mass is 35.5. The smallest absolute Gasteiger partial charge is 0.408 e. The van der Waals surface area contributed by atoms with Gasteiger partial charge in [-0.05, 0) is 30.3 Å². The first kappa shape index (κ1) is 13.7. The maximum Gasteiger partial charge on any atom is 0.417 e. The minimum atomic E-state index is -3.79. The SMILES string of the molecule is O=c1[nH]c2cc(NS(=O)(=O)c3ccnc(Cl)c3)ccc2o1. The lowest BCUT2D eigenvalue weighted by molar-refractivity contribution is 0.555. The number of hydrogen-bond donors (Lipinski definition) is 2. The van der Waals surface area contributed by atoms with E-state index in [9.17, 15) is 13.2 Å². The molecule has 3 aromatic rings. The van der Waals surface area contributed by atoms with Gasteiger partial charge in [-0.25, -0.2) is 18.2 Å². The number of hydrogen-bond acceptors (Lipinski definition) is 5. The Morgan fingerprint density at radius 2 is 2.05 bits per heavy atom. The predicted molar refractivity (Wildman–Crippen MR) is 76.9 cm³/mol. The van der Waals surface area contributed by atoms with Crippen LogP contribution in [0.15, 0.2) is 50.6 Å². The lowest BCUT2D eigenvalue weighted by atomic mass is 10.3. The molecule has 2 N–H and O–H groups in total.